The second kappa shape index (κ2) is 14.5. The van der Waals surface area contributed by atoms with Crippen molar-refractivity contribution < 1.29 is 17.4 Å². The van der Waals surface area contributed by atoms with Gasteiger partial charge in [0, 0.05) is 12.1 Å². The first-order valence-electron chi connectivity index (χ1n) is 9.20. The second-order valence-corrected chi connectivity index (χ2v) is 8.06. The first-order chi connectivity index (χ1) is 11.4. The van der Waals surface area contributed by atoms with Gasteiger partial charge in [0.2, 0.25) is 5.91 Å². The summed E-state index contributed by atoms with van der Waals surface area (Å²) in [6.07, 6.45) is 12.0. The molecule has 0 radical (unpaired) electrons. The Kier molecular flexibility index (Phi) is 13.9. The summed E-state index contributed by atoms with van der Waals surface area (Å²) in [5.74, 6) is -0.538. The lowest BCUT2D eigenvalue weighted by molar-refractivity contribution is -0.117. The van der Waals surface area contributed by atoms with Crippen LogP contribution in [0.15, 0.2) is 12.2 Å². The van der Waals surface area contributed by atoms with Crippen molar-refractivity contribution in [3.63, 3.8) is 0 Å². The highest BCUT2D eigenvalue weighted by atomic mass is 32.2. The van der Waals surface area contributed by atoms with Crippen molar-refractivity contribution in [3.8, 4) is 0 Å². The van der Waals surface area contributed by atoms with Crippen molar-refractivity contribution >= 4 is 16.0 Å². The Morgan fingerprint density at radius 1 is 0.958 bits per heavy atom. The van der Waals surface area contributed by atoms with Crippen LogP contribution in [0.3, 0.4) is 0 Å². The highest BCUT2D eigenvalue weighted by molar-refractivity contribution is 7.86. The van der Waals surface area contributed by atoms with Gasteiger partial charge in [0.1, 0.15) is 0 Å². The van der Waals surface area contributed by atoms with Crippen molar-refractivity contribution in [1.82, 2.24) is 5.32 Å². The molecule has 0 aromatic carbocycles. The summed E-state index contributed by atoms with van der Waals surface area (Å²) in [6.45, 7) is 7.56. The van der Waals surface area contributed by atoms with Crippen LogP contribution in [0.1, 0.15) is 78.1 Å². The normalized spacial score (nSPS) is 11.4. The van der Waals surface area contributed by atoms with Gasteiger partial charge in [0.25, 0.3) is 10.1 Å². The Morgan fingerprint density at radius 3 is 1.96 bits per heavy atom. The predicted molar refractivity (Wildman–Crippen MR) is 99.4 cm³/mol. The fourth-order valence-electron chi connectivity index (χ4n) is 2.27. The topological polar surface area (TPSA) is 72.5 Å². The first-order valence-corrected chi connectivity index (χ1v) is 10.8. The Hall–Kier alpha value is -0.880. The number of hydrogen-bond donors (Lipinski definition) is 1. The van der Waals surface area contributed by atoms with E-state index in [0.717, 1.165) is 19.3 Å². The van der Waals surface area contributed by atoms with Gasteiger partial charge in [-0.05, 0) is 13.3 Å². The van der Waals surface area contributed by atoms with E-state index in [9.17, 15) is 13.2 Å². The highest BCUT2D eigenvalue weighted by Gasteiger charge is 2.11. The van der Waals surface area contributed by atoms with Crippen LogP contribution in [-0.2, 0) is 19.1 Å². The molecule has 0 atom stereocenters. The number of carbonyl (C=O) groups excluding carboxylic acids is 1. The van der Waals surface area contributed by atoms with Crippen LogP contribution in [0.4, 0.5) is 0 Å². The molecule has 142 valence electrons. The number of nitrogens with one attached hydrogen (secondary N) is 1. The van der Waals surface area contributed by atoms with Crippen molar-refractivity contribution in [3.05, 3.63) is 12.2 Å². The smallest absolute Gasteiger partial charge is 0.269 e. The summed E-state index contributed by atoms with van der Waals surface area (Å²) in [4.78, 5) is 11.2. The molecule has 0 aromatic heterocycles. The third kappa shape index (κ3) is 14.7. The molecule has 0 aliphatic rings. The van der Waals surface area contributed by atoms with E-state index in [4.69, 9.17) is 4.18 Å². The molecule has 0 aliphatic carbocycles. The minimum absolute atomic E-state index is 0.0477. The molecule has 6 heteroatoms. The van der Waals surface area contributed by atoms with Crippen LogP contribution in [0.2, 0.25) is 0 Å². The van der Waals surface area contributed by atoms with Crippen molar-refractivity contribution in [1.29, 1.82) is 0 Å². The molecule has 0 unspecified atom stereocenters. The van der Waals surface area contributed by atoms with Crippen LogP contribution in [0, 0.1) is 0 Å². The molecule has 0 aliphatic heterocycles. The van der Waals surface area contributed by atoms with Gasteiger partial charge in [-0.1, -0.05) is 71.3 Å². The van der Waals surface area contributed by atoms with Crippen LogP contribution >= 0.6 is 0 Å². The van der Waals surface area contributed by atoms with Gasteiger partial charge in [-0.2, -0.15) is 8.42 Å². The molecule has 0 spiro atoms. The van der Waals surface area contributed by atoms with E-state index in [-0.39, 0.29) is 24.8 Å². The first kappa shape index (κ1) is 23.1. The molecule has 0 aromatic rings. The summed E-state index contributed by atoms with van der Waals surface area (Å²) in [6, 6.07) is 0. The van der Waals surface area contributed by atoms with Crippen LogP contribution < -0.4 is 5.32 Å². The SMILES string of the molecule is C=C(C)C(=O)NCCS(=O)(=O)OCCCCCCCCCCCC. The van der Waals surface area contributed by atoms with Gasteiger partial charge < -0.3 is 5.32 Å². The van der Waals surface area contributed by atoms with E-state index in [1.165, 1.54) is 44.9 Å². The molecular formula is C18H35NO4S. The van der Waals surface area contributed by atoms with Gasteiger partial charge in [0.15, 0.2) is 0 Å². The summed E-state index contributed by atoms with van der Waals surface area (Å²) in [5.41, 5.74) is 0.360. The maximum Gasteiger partial charge on any atom is 0.269 e. The van der Waals surface area contributed by atoms with Gasteiger partial charge in [0.05, 0.1) is 12.4 Å². The third-order valence-electron chi connectivity index (χ3n) is 3.79. The van der Waals surface area contributed by atoms with Gasteiger partial charge in [-0.15, -0.1) is 0 Å². The molecular weight excluding hydrogens is 326 g/mol. The average Bonchev–Trinajstić information content (AvgIpc) is 2.52. The molecule has 1 N–H and O–H groups in total. The Bertz CT molecular complexity index is 446. The quantitative estimate of drug-likeness (QED) is 0.257. The Labute approximate surface area is 148 Å². The maximum atomic E-state index is 11.6. The largest absolute Gasteiger partial charge is 0.351 e. The number of hydrogen-bond acceptors (Lipinski definition) is 4. The molecule has 0 bridgehead atoms. The van der Waals surface area contributed by atoms with Crippen molar-refractivity contribution in [2.75, 3.05) is 18.9 Å². The van der Waals surface area contributed by atoms with E-state index >= 15 is 0 Å². The van der Waals surface area contributed by atoms with E-state index in [0.29, 0.717) is 5.57 Å². The zero-order valence-corrected chi connectivity index (χ0v) is 16.3. The van der Waals surface area contributed by atoms with E-state index in [1.54, 1.807) is 6.92 Å². The molecule has 5 nitrogen and oxygen atoms in total. The highest BCUT2D eigenvalue weighted by Crippen LogP contribution is 2.10. The lowest BCUT2D eigenvalue weighted by Crippen LogP contribution is -2.30. The van der Waals surface area contributed by atoms with Crippen LogP contribution in [0.5, 0.6) is 0 Å². The third-order valence-corrected chi connectivity index (χ3v) is 5.02. The standard InChI is InChI=1S/C18H35NO4S/c1-4-5-6-7-8-9-10-11-12-13-15-23-24(21,22)16-14-19-18(20)17(2)3/h2,4-16H2,1,3H3,(H,19,20). The molecule has 1 amide bonds. The Balaban J connectivity index is 3.49. The van der Waals surface area contributed by atoms with E-state index < -0.39 is 10.1 Å². The zero-order valence-electron chi connectivity index (χ0n) is 15.4. The molecule has 0 rings (SSSR count). The molecule has 0 saturated carbocycles. The van der Waals surface area contributed by atoms with E-state index in [2.05, 4.69) is 18.8 Å². The number of carbonyl (C=O) groups is 1. The van der Waals surface area contributed by atoms with Crippen LogP contribution in [-0.4, -0.2) is 33.2 Å². The van der Waals surface area contributed by atoms with Crippen molar-refractivity contribution in [2.45, 2.75) is 78.1 Å². The predicted octanol–water partition coefficient (Wildman–Crippen LogP) is 3.95. The molecule has 0 fully saturated rings. The van der Waals surface area contributed by atoms with E-state index in [1.807, 2.05) is 0 Å². The fraction of sp³-hybridized carbons (Fsp3) is 0.833. The number of amides is 1. The minimum atomic E-state index is -3.56. The second-order valence-electron chi connectivity index (χ2n) is 6.30. The molecule has 24 heavy (non-hydrogen) atoms. The maximum absolute atomic E-state index is 11.6. The average molecular weight is 362 g/mol. The lowest BCUT2D eigenvalue weighted by atomic mass is 10.1. The van der Waals surface area contributed by atoms with Crippen LogP contribution in [0.25, 0.3) is 0 Å². The van der Waals surface area contributed by atoms with Gasteiger partial charge in [-0.25, -0.2) is 0 Å². The zero-order chi connectivity index (χ0) is 18.3. The minimum Gasteiger partial charge on any atom is -0.351 e. The van der Waals surface area contributed by atoms with Gasteiger partial charge in [-0.3, -0.25) is 8.98 Å². The summed E-state index contributed by atoms with van der Waals surface area (Å²) >= 11 is 0. The number of rotatable bonds is 16. The van der Waals surface area contributed by atoms with Crippen molar-refractivity contribution in [2.24, 2.45) is 0 Å². The fourth-order valence-corrected chi connectivity index (χ4v) is 3.12. The lowest BCUT2D eigenvalue weighted by Gasteiger charge is -2.07. The summed E-state index contributed by atoms with van der Waals surface area (Å²) < 4.78 is 28.2. The molecule has 0 saturated heterocycles. The summed E-state index contributed by atoms with van der Waals surface area (Å²) in [7, 11) is -3.56. The van der Waals surface area contributed by atoms with Gasteiger partial charge >= 0.3 is 0 Å². The summed E-state index contributed by atoms with van der Waals surface area (Å²) in [5, 5.41) is 2.48. The monoisotopic (exact) mass is 361 g/mol. The Morgan fingerprint density at radius 2 is 1.46 bits per heavy atom. The molecule has 0 heterocycles. The number of unbranched alkanes of at least 4 members (excludes halogenated alkanes) is 9.